The van der Waals surface area contributed by atoms with Crippen LogP contribution in [-0.2, 0) is 6.54 Å². The minimum Gasteiger partial charge on any atom is -0.389 e. The predicted molar refractivity (Wildman–Crippen MR) is 85.3 cm³/mol. The van der Waals surface area contributed by atoms with Crippen molar-refractivity contribution < 1.29 is 5.11 Å². The van der Waals surface area contributed by atoms with E-state index in [0.717, 1.165) is 49.3 Å². The average Bonchev–Trinajstić information content (AvgIpc) is 2.45. The molecule has 21 heavy (non-hydrogen) atoms. The Hall–Kier alpha value is -1.13. The molecule has 1 aliphatic heterocycles. The average molecular weight is 289 g/mol. The molecule has 4 heteroatoms. The number of piperidine rings is 1. The van der Waals surface area contributed by atoms with E-state index in [4.69, 9.17) is 5.73 Å². The van der Waals surface area contributed by atoms with Crippen LogP contribution in [0.2, 0.25) is 0 Å². The van der Waals surface area contributed by atoms with E-state index >= 15 is 0 Å². The van der Waals surface area contributed by atoms with E-state index in [1.807, 2.05) is 13.8 Å². The van der Waals surface area contributed by atoms with Crippen LogP contribution in [0.15, 0.2) is 6.07 Å². The number of nitrogens with zero attached hydrogens (tertiary/aromatic N) is 2. The molecule has 0 bridgehead atoms. The van der Waals surface area contributed by atoms with E-state index in [1.165, 1.54) is 18.5 Å². The third-order valence-electron chi connectivity index (χ3n) is 5.41. The highest BCUT2D eigenvalue weighted by atomic mass is 16.3. The monoisotopic (exact) mass is 289 g/mol. The molecule has 0 aromatic carbocycles. The van der Waals surface area contributed by atoms with Crippen LogP contribution in [0.5, 0.6) is 0 Å². The minimum absolute atomic E-state index is 0.402. The summed E-state index contributed by atoms with van der Waals surface area (Å²) >= 11 is 0. The summed E-state index contributed by atoms with van der Waals surface area (Å²) in [7, 11) is 0. The molecular weight excluding hydrogens is 262 g/mol. The fourth-order valence-corrected chi connectivity index (χ4v) is 4.16. The molecule has 3 N–H and O–H groups in total. The van der Waals surface area contributed by atoms with Gasteiger partial charge in [-0.25, -0.2) is 0 Å². The van der Waals surface area contributed by atoms with E-state index in [1.54, 1.807) is 0 Å². The van der Waals surface area contributed by atoms with Crippen molar-refractivity contribution in [2.75, 3.05) is 18.0 Å². The molecule has 2 atom stereocenters. The van der Waals surface area contributed by atoms with E-state index in [0.29, 0.717) is 12.5 Å². The minimum atomic E-state index is -0.422. The van der Waals surface area contributed by atoms with Gasteiger partial charge in [0.25, 0.3) is 0 Å². The molecule has 1 aromatic rings. The van der Waals surface area contributed by atoms with Gasteiger partial charge in [0.2, 0.25) is 0 Å². The van der Waals surface area contributed by atoms with Crippen LogP contribution in [0.3, 0.4) is 0 Å². The highest BCUT2D eigenvalue weighted by Crippen LogP contribution is 2.41. The van der Waals surface area contributed by atoms with Crippen LogP contribution < -0.4 is 10.6 Å². The van der Waals surface area contributed by atoms with Gasteiger partial charge >= 0.3 is 0 Å². The van der Waals surface area contributed by atoms with Crippen molar-refractivity contribution in [1.29, 1.82) is 0 Å². The molecule has 3 rings (SSSR count). The van der Waals surface area contributed by atoms with Crippen LogP contribution >= 0.6 is 0 Å². The largest absolute Gasteiger partial charge is 0.389 e. The Labute approximate surface area is 127 Å². The first-order valence-corrected chi connectivity index (χ1v) is 8.18. The van der Waals surface area contributed by atoms with Crippen molar-refractivity contribution in [2.45, 2.75) is 58.1 Å². The fraction of sp³-hybridized carbons (Fsp3) is 0.706. The summed E-state index contributed by atoms with van der Waals surface area (Å²) in [6, 6.07) is 2.16. The Morgan fingerprint density at radius 3 is 2.95 bits per heavy atom. The van der Waals surface area contributed by atoms with Gasteiger partial charge in [-0.1, -0.05) is 12.8 Å². The maximum Gasteiger partial charge on any atom is 0.0709 e. The molecule has 2 aliphatic rings. The van der Waals surface area contributed by atoms with Gasteiger partial charge in [0.1, 0.15) is 0 Å². The molecule has 2 unspecified atom stereocenters. The highest BCUT2D eigenvalue weighted by Gasteiger charge is 2.43. The number of aliphatic hydroxyl groups is 1. The van der Waals surface area contributed by atoms with Crippen LogP contribution in [0, 0.1) is 19.8 Å². The maximum atomic E-state index is 10.8. The lowest BCUT2D eigenvalue weighted by Crippen LogP contribution is -2.53. The Kier molecular flexibility index (Phi) is 3.93. The lowest BCUT2D eigenvalue weighted by atomic mass is 9.71. The maximum absolute atomic E-state index is 10.8. The van der Waals surface area contributed by atoms with Crippen molar-refractivity contribution in [2.24, 2.45) is 11.7 Å². The fourth-order valence-electron chi connectivity index (χ4n) is 4.16. The molecule has 1 aromatic heterocycles. The quantitative estimate of drug-likeness (QED) is 0.877. The lowest BCUT2D eigenvalue weighted by Gasteiger charge is -2.48. The van der Waals surface area contributed by atoms with Gasteiger partial charge < -0.3 is 15.7 Å². The summed E-state index contributed by atoms with van der Waals surface area (Å²) in [4.78, 5) is 6.96. The Bertz CT molecular complexity index is 531. The summed E-state index contributed by atoms with van der Waals surface area (Å²) in [5, 5.41) is 10.8. The standard InChI is InChI=1S/C17H27N3O/c1-12-9-16(15(10-18)13(2)19-12)20-8-7-17(21)6-4-3-5-14(17)11-20/h9,14,21H,3-8,10-11,18H2,1-2H3. The van der Waals surface area contributed by atoms with Gasteiger partial charge in [0.15, 0.2) is 0 Å². The van der Waals surface area contributed by atoms with Crippen molar-refractivity contribution >= 4 is 5.69 Å². The molecule has 1 aliphatic carbocycles. The predicted octanol–water partition coefficient (Wildman–Crippen LogP) is 2.29. The Morgan fingerprint density at radius 2 is 2.19 bits per heavy atom. The molecule has 2 fully saturated rings. The van der Waals surface area contributed by atoms with Crippen LogP contribution in [0.25, 0.3) is 0 Å². The first-order valence-electron chi connectivity index (χ1n) is 8.18. The topological polar surface area (TPSA) is 62.4 Å². The molecule has 0 amide bonds. The zero-order chi connectivity index (χ0) is 15.0. The Balaban J connectivity index is 1.89. The van der Waals surface area contributed by atoms with Gasteiger partial charge in [-0.3, -0.25) is 4.98 Å². The second-order valence-electron chi connectivity index (χ2n) is 6.79. The molecular formula is C17H27N3O. The molecule has 0 spiro atoms. The van der Waals surface area contributed by atoms with E-state index in [2.05, 4.69) is 16.0 Å². The van der Waals surface area contributed by atoms with Crippen molar-refractivity contribution in [3.63, 3.8) is 0 Å². The van der Waals surface area contributed by atoms with Gasteiger partial charge in [-0.05, 0) is 39.2 Å². The molecule has 1 saturated carbocycles. The van der Waals surface area contributed by atoms with Crippen LogP contribution in [-0.4, -0.2) is 28.8 Å². The summed E-state index contributed by atoms with van der Waals surface area (Å²) < 4.78 is 0. The summed E-state index contributed by atoms with van der Waals surface area (Å²) in [6.07, 6.45) is 5.42. The third-order valence-corrected chi connectivity index (χ3v) is 5.41. The van der Waals surface area contributed by atoms with Crippen molar-refractivity contribution in [3.8, 4) is 0 Å². The molecule has 2 heterocycles. The van der Waals surface area contributed by atoms with E-state index in [9.17, 15) is 5.11 Å². The second-order valence-corrected chi connectivity index (χ2v) is 6.79. The SMILES string of the molecule is Cc1cc(N2CCC3(O)CCCCC3C2)c(CN)c(C)n1. The first-order chi connectivity index (χ1) is 10.0. The molecule has 4 nitrogen and oxygen atoms in total. The lowest BCUT2D eigenvalue weighted by molar-refractivity contribution is -0.0612. The molecule has 116 valence electrons. The van der Waals surface area contributed by atoms with Crippen LogP contribution in [0.4, 0.5) is 5.69 Å². The highest BCUT2D eigenvalue weighted by molar-refractivity contribution is 5.56. The van der Waals surface area contributed by atoms with E-state index < -0.39 is 5.60 Å². The van der Waals surface area contributed by atoms with Crippen molar-refractivity contribution in [3.05, 3.63) is 23.0 Å². The first kappa shape index (κ1) is 14.8. The van der Waals surface area contributed by atoms with Gasteiger partial charge in [-0.15, -0.1) is 0 Å². The second kappa shape index (κ2) is 5.58. The summed E-state index contributed by atoms with van der Waals surface area (Å²) in [5.74, 6) is 0.402. The zero-order valence-electron chi connectivity index (χ0n) is 13.2. The number of hydrogen-bond acceptors (Lipinski definition) is 4. The number of aromatic nitrogens is 1. The van der Waals surface area contributed by atoms with E-state index in [-0.39, 0.29) is 0 Å². The number of nitrogens with two attached hydrogens (primary N) is 1. The number of aryl methyl sites for hydroxylation is 2. The molecule has 1 saturated heterocycles. The number of hydrogen-bond donors (Lipinski definition) is 2. The van der Waals surface area contributed by atoms with Crippen LogP contribution in [0.1, 0.15) is 49.1 Å². The smallest absolute Gasteiger partial charge is 0.0709 e. The number of rotatable bonds is 2. The molecule has 0 radical (unpaired) electrons. The number of fused-ring (bicyclic) bond motifs is 1. The van der Waals surface area contributed by atoms with Crippen molar-refractivity contribution in [1.82, 2.24) is 4.98 Å². The van der Waals surface area contributed by atoms with Gasteiger partial charge in [0, 0.05) is 48.2 Å². The zero-order valence-corrected chi connectivity index (χ0v) is 13.2. The normalized spacial score (nSPS) is 29.3. The van der Waals surface area contributed by atoms with Gasteiger partial charge in [0.05, 0.1) is 5.60 Å². The Morgan fingerprint density at radius 1 is 1.38 bits per heavy atom. The number of pyridine rings is 1. The van der Waals surface area contributed by atoms with Gasteiger partial charge in [-0.2, -0.15) is 0 Å². The third kappa shape index (κ3) is 2.67. The summed E-state index contributed by atoms with van der Waals surface area (Å²) in [5.41, 5.74) is 10.00. The summed E-state index contributed by atoms with van der Waals surface area (Å²) in [6.45, 7) is 6.48. The number of anilines is 1.